The molecule has 3 nitrogen and oxygen atoms in total. The van der Waals surface area contributed by atoms with Crippen molar-refractivity contribution in [3.8, 4) is 11.5 Å². The van der Waals surface area contributed by atoms with Crippen LogP contribution in [0.3, 0.4) is 0 Å². The van der Waals surface area contributed by atoms with Crippen LogP contribution in [0, 0.1) is 0 Å². The highest BCUT2D eigenvalue weighted by Crippen LogP contribution is 2.37. The zero-order valence-corrected chi connectivity index (χ0v) is 9.92. The number of methoxy groups -OCH3 is 2. The van der Waals surface area contributed by atoms with Crippen LogP contribution in [0.5, 0.6) is 11.5 Å². The smallest absolute Gasteiger partial charge is 0.138 e. The van der Waals surface area contributed by atoms with Crippen LogP contribution in [-0.4, -0.2) is 24.2 Å². The largest absolute Gasteiger partial charge is 0.496 e. The summed E-state index contributed by atoms with van der Waals surface area (Å²) in [6.45, 7) is 0. The summed E-state index contributed by atoms with van der Waals surface area (Å²) in [5, 5.41) is 9.80. The van der Waals surface area contributed by atoms with Gasteiger partial charge in [-0.3, -0.25) is 0 Å². The number of hydrogen-bond acceptors (Lipinski definition) is 3. The first-order valence-corrected chi connectivity index (χ1v) is 5.16. The molecule has 0 radical (unpaired) electrons. The van der Waals surface area contributed by atoms with Crippen LogP contribution < -0.4 is 9.47 Å². The monoisotopic (exact) mass is 250 g/mol. The van der Waals surface area contributed by atoms with Crippen LogP contribution in [0.1, 0.15) is 11.7 Å². The molecule has 0 fully saturated rings. The van der Waals surface area contributed by atoms with Crippen molar-refractivity contribution in [3.05, 3.63) is 23.8 Å². The van der Waals surface area contributed by atoms with Gasteiger partial charge in [0.15, 0.2) is 0 Å². The lowest BCUT2D eigenvalue weighted by Crippen LogP contribution is -2.09. The van der Waals surface area contributed by atoms with Gasteiger partial charge in [-0.05, 0) is 12.1 Å². The zero-order valence-electron chi connectivity index (χ0n) is 8.41. The highest BCUT2D eigenvalue weighted by molar-refractivity contribution is 6.44. The number of aliphatic hydroxyl groups excluding tert-OH is 1. The number of halogens is 2. The van der Waals surface area contributed by atoms with Gasteiger partial charge in [0, 0.05) is 0 Å². The van der Waals surface area contributed by atoms with Crippen LogP contribution >= 0.6 is 23.2 Å². The van der Waals surface area contributed by atoms with Gasteiger partial charge in [0.2, 0.25) is 0 Å². The van der Waals surface area contributed by atoms with Gasteiger partial charge in [0.1, 0.15) is 22.4 Å². The maximum absolute atomic E-state index is 9.80. The van der Waals surface area contributed by atoms with E-state index in [-0.39, 0.29) is 0 Å². The standard InChI is InChI=1S/C10H12Cl2O3/c1-14-6-4-3-5-7(15-2)8(6)9(13)10(11)12/h3-5,9-10,13H,1-2H3. The molecule has 0 bridgehead atoms. The minimum absolute atomic E-state index is 0.456. The normalized spacial score (nSPS) is 12.7. The Bertz CT molecular complexity index is 306. The number of benzene rings is 1. The predicted octanol–water partition coefficient (Wildman–Crippen LogP) is 2.54. The average molecular weight is 251 g/mol. The lowest BCUT2D eigenvalue weighted by Gasteiger charge is -2.18. The maximum atomic E-state index is 9.80. The van der Waals surface area contributed by atoms with E-state index in [4.69, 9.17) is 32.7 Å². The minimum atomic E-state index is -1.04. The van der Waals surface area contributed by atoms with Gasteiger partial charge >= 0.3 is 0 Å². The molecule has 1 aromatic rings. The van der Waals surface area contributed by atoms with Gasteiger partial charge < -0.3 is 14.6 Å². The topological polar surface area (TPSA) is 38.7 Å². The van der Waals surface area contributed by atoms with Crippen molar-refractivity contribution in [2.24, 2.45) is 0 Å². The fourth-order valence-corrected chi connectivity index (χ4v) is 1.55. The molecular weight excluding hydrogens is 239 g/mol. The summed E-state index contributed by atoms with van der Waals surface area (Å²) in [5.74, 6) is 0.987. The highest BCUT2D eigenvalue weighted by atomic mass is 35.5. The quantitative estimate of drug-likeness (QED) is 0.835. The molecule has 0 heterocycles. The van der Waals surface area contributed by atoms with E-state index in [0.29, 0.717) is 17.1 Å². The molecule has 0 saturated carbocycles. The van der Waals surface area contributed by atoms with Crippen LogP contribution in [-0.2, 0) is 0 Å². The second-order valence-corrected chi connectivity index (χ2v) is 4.02. The van der Waals surface area contributed by atoms with Crippen molar-refractivity contribution in [1.29, 1.82) is 0 Å². The molecule has 1 aromatic carbocycles. The molecule has 1 atom stereocenters. The molecule has 84 valence electrons. The zero-order chi connectivity index (χ0) is 11.4. The molecule has 0 aliphatic heterocycles. The summed E-state index contributed by atoms with van der Waals surface area (Å²) in [4.78, 5) is -0.935. The highest BCUT2D eigenvalue weighted by Gasteiger charge is 2.23. The van der Waals surface area contributed by atoms with E-state index in [9.17, 15) is 5.11 Å². The van der Waals surface area contributed by atoms with E-state index < -0.39 is 10.9 Å². The summed E-state index contributed by atoms with van der Waals surface area (Å²) in [6.07, 6.45) is -1.04. The van der Waals surface area contributed by atoms with Crippen LogP contribution in [0.2, 0.25) is 0 Å². The first-order chi connectivity index (χ1) is 7.11. The number of aliphatic hydroxyl groups is 1. The van der Waals surface area contributed by atoms with Crippen LogP contribution in [0.4, 0.5) is 0 Å². The average Bonchev–Trinajstić information content (AvgIpc) is 2.26. The number of alkyl halides is 2. The molecule has 0 aromatic heterocycles. The Balaban J connectivity index is 3.21. The summed E-state index contributed by atoms with van der Waals surface area (Å²) in [7, 11) is 3.00. The van der Waals surface area contributed by atoms with Gasteiger partial charge in [-0.25, -0.2) is 0 Å². The molecular formula is C10H12Cl2O3. The van der Waals surface area contributed by atoms with E-state index in [1.54, 1.807) is 18.2 Å². The molecule has 1 N–H and O–H groups in total. The molecule has 1 unspecified atom stereocenters. The van der Waals surface area contributed by atoms with E-state index in [0.717, 1.165) is 0 Å². The van der Waals surface area contributed by atoms with Crippen molar-refractivity contribution in [1.82, 2.24) is 0 Å². The summed E-state index contributed by atoms with van der Waals surface area (Å²) < 4.78 is 10.2. The second kappa shape index (κ2) is 5.45. The molecule has 0 aliphatic carbocycles. The van der Waals surface area contributed by atoms with E-state index in [1.807, 2.05) is 0 Å². The van der Waals surface area contributed by atoms with Crippen molar-refractivity contribution in [2.75, 3.05) is 14.2 Å². The van der Waals surface area contributed by atoms with E-state index >= 15 is 0 Å². The Morgan fingerprint density at radius 2 is 1.60 bits per heavy atom. The van der Waals surface area contributed by atoms with Gasteiger partial charge in [0.05, 0.1) is 19.8 Å². The Hall–Kier alpha value is -0.640. The first kappa shape index (κ1) is 12.4. The van der Waals surface area contributed by atoms with Crippen LogP contribution in [0.25, 0.3) is 0 Å². The van der Waals surface area contributed by atoms with Gasteiger partial charge in [-0.2, -0.15) is 0 Å². The van der Waals surface area contributed by atoms with Crippen molar-refractivity contribution >= 4 is 23.2 Å². The van der Waals surface area contributed by atoms with E-state index in [2.05, 4.69) is 0 Å². The number of ether oxygens (including phenoxy) is 2. The Labute approximate surface area is 98.5 Å². The van der Waals surface area contributed by atoms with Crippen molar-refractivity contribution in [2.45, 2.75) is 10.9 Å². The lowest BCUT2D eigenvalue weighted by molar-refractivity contribution is 0.183. The van der Waals surface area contributed by atoms with Crippen LogP contribution in [0.15, 0.2) is 18.2 Å². The third-order valence-corrected chi connectivity index (χ3v) is 2.48. The Morgan fingerprint density at radius 1 is 1.13 bits per heavy atom. The summed E-state index contributed by atoms with van der Waals surface area (Å²) in [5.41, 5.74) is 0.456. The Morgan fingerprint density at radius 3 is 1.93 bits per heavy atom. The third-order valence-electron chi connectivity index (χ3n) is 2.00. The van der Waals surface area contributed by atoms with E-state index in [1.165, 1.54) is 14.2 Å². The fraction of sp³-hybridized carbons (Fsp3) is 0.400. The number of rotatable bonds is 4. The Kier molecular flexibility index (Phi) is 4.51. The van der Waals surface area contributed by atoms with Crippen molar-refractivity contribution in [3.63, 3.8) is 0 Å². The third kappa shape index (κ3) is 2.68. The molecule has 0 amide bonds. The second-order valence-electron chi connectivity index (χ2n) is 2.86. The first-order valence-electron chi connectivity index (χ1n) is 4.29. The van der Waals surface area contributed by atoms with Gasteiger partial charge in [-0.1, -0.05) is 6.07 Å². The van der Waals surface area contributed by atoms with Gasteiger partial charge in [-0.15, -0.1) is 23.2 Å². The summed E-state index contributed by atoms with van der Waals surface area (Å²) >= 11 is 11.2. The SMILES string of the molecule is COc1cccc(OC)c1C(O)C(Cl)Cl. The lowest BCUT2D eigenvalue weighted by atomic mass is 10.1. The fourth-order valence-electron chi connectivity index (χ4n) is 1.30. The molecule has 0 aliphatic rings. The molecule has 1 rings (SSSR count). The number of hydrogen-bond donors (Lipinski definition) is 1. The molecule has 15 heavy (non-hydrogen) atoms. The molecule has 0 saturated heterocycles. The minimum Gasteiger partial charge on any atom is -0.496 e. The summed E-state index contributed by atoms with van der Waals surface area (Å²) in [6, 6.07) is 5.17. The maximum Gasteiger partial charge on any atom is 0.138 e. The predicted molar refractivity (Wildman–Crippen MR) is 60.0 cm³/mol. The van der Waals surface area contributed by atoms with Crippen molar-refractivity contribution < 1.29 is 14.6 Å². The molecule has 0 spiro atoms. The van der Waals surface area contributed by atoms with Gasteiger partial charge in [0.25, 0.3) is 0 Å². The molecule has 5 heteroatoms.